The largest absolute Gasteiger partial charge is 0.497 e. The van der Waals surface area contributed by atoms with Gasteiger partial charge in [0.1, 0.15) is 11.3 Å². The normalized spacial score (nSPS) is 13.4. The molecule has 6 heteroatoms. The maximum absolute atomic E-state index is 13.1. The van der Waals surface area contributed by atoms with Crippen LogP contribution < -0.4 is 15.3 Å². The van der Waals surface area contributed by atoms with Gasteiger partial charge in [0.25, 0.3) is 0 Å². The number of benzene rings is 1. The molecule has 0 amide bonds. The second kappa shape index (κ2) is 6.52. The lowest BCUT2D eigenvalue weighted by Crippen LogP contribution is -2.35. The first-order chi connectivity index (χ1) is 12.6. The van der Waals surface area contributed by atoms with Gasteiger partial charge in [-0.15, -0.1) is 0 Å². The number of hydrogen-bond donors (Lipinski definition) is 0. The summed E-state index contributed by atoms with van der Waals surface area (Å²) < 4.78 is 8.82. The van der Waals surface area contributed by atoms with E-state index in [1.807, 2.05) is 35.8 Å². The standard InChI is InChI=1S/C20H24N4O2/c1-4-5-10-22-11-12-23-18-17(22)13-14(2)21-19(18)24(20(23)25)15-6-8-16(26-3)9-7-15/h6-9,13H,4-5,10-12H2,1-3H3. The summed E-state index contributed by atoms with van der Waals surface area (Å²) >= 11 is 0. The summed E-state index contributed by atoms with van der Waals surface area (Å²) in [6.45, 7) is 6.76. The average Bonchev–Trinajstić information content (AvgIpc) is 2.94. The molecular formula is C20H24N4O2. The molecule has 0 saturated carbocycles. The predicted octanol–water partition coefficient (Wildman–Crippen LogP) is 3.12. The number of nitrogens with zero attached hydrogens (tertiary/aromatic N) is 4. The van der Waals surface area contributed by atoms with E-state index in [1.165, 1.54) is 0 Å². The zero-order valence-electron chi connectivity index (χ0n) is 15.5. The summed E-state index contributed by atoms with van der Waals surface area (Å²) in [5.41, 5.74) is 4.51. The van der Waals surface area contributed by atoms with Crippen LogP contribution in [0.1, 0.15) is 25.5 Å². The molecule has 0 fully saturated rings. The summed E-state index contributed by atoms with van der Waals surface area (Å²) in [4.78, 5) is 20.2. The van der Waals surface area contributed by atoms with Crippen molar-refractivity contribution in [3.63, 3.8) is 0 Å². The third kappa shape index (κ3) is 2.57. The number of aromatic nitrogens is 3. The Morgan fingerprint density at radius 1 is 1.19 bits per heavy atom. The Morgan fingerprint density at radius 3 is 2.65 bits per heavy atom. The van der Waals surface area contributed by atoms with Crippen LogP contribution in [0.5, 0.6) is 5.75 Å². The number of methoxy groups -OCH3 is 1. The molecule has 1 aliphatic rings. The third-order valence-electron chi connectivity index (χ3n) is 5.03. The molecular weight excluding hydrogens is 328 g/mol. The van der Waals surface area contributed by atoms with Gasteiger partial charge in [0.15, 0.2) is 5.65 Å². The van der Waals surface area contributed by atoms with Gasteiger partial charge in [0.2, 0.25) is 0 Å². The molecule has 3 aromatic rings. The second-order valence-electron chi connectivity index (χ2n) is 6.76. The second-order valence-corrected chi connectivity index (χ2v) is 6.76. The van der Waals surface area contributed by atoms with Gasteiger partial charge in [-0.05, 0) is 43.7 Å². The van der Waals surface area contributed by atoms with Crippen LogP contribution in [0, 0.1) is 6.92 Å². The first-order valence-electron chi connectivity index (χ1n) is 9.16. The Balaban J connectivity index is 1.94. The molecule has 0 aliphatic carbocycles. The molecule has 0 bridgehead atoms. The molecule has 1 aromatic carbocycles. The van der Waals surface area contributed by atoms with Crippen molar-refractivity contribution in [2.24, 2.45) is 0 Å². The monoisotopic (exact) mass is 352 g/mol. The third-order valence-corrected chi connectivity index (χ3v) is 5.03. The van der Waals surface area contributed by atoms with Crippen molar-refractivity contribution in [1.82, 2.24) is 14.1 Å². The lowest BCUT2D eigenvalue weighted by atomic mass is 10.2. The molecule has 136 valence electrons. The number of aryl methyl sites for hydroxylation is 1. The summed E-state index contributed by atoms with van der Waals surface area (Å²) in [5, 5.41) is 0. The molecule has 4 rings (SSSR count). The van der Waals surface area contributed by atoms with Crippen molar-refractivity contribution < 1.29 is 4.74 Å². The number of rotatable bonds is 5. The van der Waals surface area contributed by atoms with E-state index in [2.05, 4.69) is 17.9 Å². The van der Waals surface area contributed by atoms with Crippen LogP contribution in [-0.4, -0.2) is 34.3 Å². The van der Waals surface area contributed by atoms with Gasteiger partial charge in [-0.1, -0.05) is 13.3 Å². The average molecular weight is 352 g/mol. The van der Waals surface area contributed by atoms with Gasteiger partial charge in [0, 0.05) is 25.3 Å². The van der Waals surface area contributed by atoms with E-state index in [9.17, 15) is 4.79 Å². The summed E-state index contributed by atoms with van der Waals surface area (Å²) in [5.74, 6) is 0.769. The molecule has 0 spiro atoms. The van der Waals surface area contributed by atoms with E-state index < -0.39 is 0 Å². The number of pyridine rings is 1. The fourth-order valence-corrected chi connectivity index (χ4v) is 3.69. The van der Waals surface area contributed by atoms with E-state index in [4.69, 9.17) is 9.72 Å². The molecule has 3 heterocycles. The molecule has 0 saturated heterocycles. The Morgan fingerprint density at radius 2 is 1.96 bits per heavy atom. The minimum absolute atomic E-state index is 0.0281. The van der Waals surface area contributed by atoms with Crippen LogP contribution >= 0.6 is 0 Å². The number of unbranched alkanes of at least 4 members (excludes halogenated alkanes) is 1. The number of anilines is 1. The van der Waals surface area contributed by atoms with Crippen LogP contribution in [0.4, 0.5) is 5.69 Å². The van der Waals surface area contributed by atoms with E-state index in [0.717, 1.165) is 59.9 Å². The topological polar surface area (TPSA) is 52.3 Å². The number of ether oxygens (including phenoxy) is 1. The summed E-state index contributed by atoms with van der Waals surface area (Å²) in [7, 11) is 1.64. The van der Waals surface area contributed by atoms with Crippen molar-refractivity contribution in [2.45, 2.75) is 33.2 Å². The van der Waals surface area contributed by atoms with Crippen molar-refractivity contribution in [1.29, 1.82) is 0 Å². The first kappa shape index (κ1) is 16.7. The van der Waals surface area contributed by atoms with E-state index in [1.54, 1.807) is 11.7 Å². The maximum Gasteiger partial charge on any atom is 0.335 e. The quantitative estimate of drug-likeness (QED) is 0.708. The lowest BCUT2D eigenvalue weighted by Gasteiger charge is -2.29. The first-order valence-corrected chi connectivity index (χ1v) is 9.16. The highest BCUT2D eigenvalue weighted by atomic mass is 16.5. The molecule has 1 aliphatic heterocycles. The van der Waals surface area contributed by atoms with Crippen molar-refractivity contribution in [2.75, 3.05) is 25.1 Å². The van der Waals surface area contributed by atoms with E-state index >= 15 is 0 Å². The molecule has 0 atom stereocenters. The smallest absolute Gasteiger partial charge is 0.335 e. The highest BCUT2D eigenvalue weighted by Gasteiger charge is 2.25. The van der Waals surface area contributed by atoms with E-state index in [-0.39, 0.29) is 5.69 Å². The van der Waals surface area contributed by atoms with Gasteiger partial charge < -0.3 is 9.64 Å². The van der Waals surface area contributed by atoms with Gasteiger partial charge in [0.05, 0.1) is 18.5 Å². The zero-order valence-corrected chi connectivity index (χ0v) is 15.5. The van der Waals surface area contributed by atoms with Gasteiger partial charge in [-0.2, -0.15) is 0 Å². The lowest BCUT2D eigenvalue weighted by molar-refractivity contribution is 0.414. The van der Waals surface area contributed by atoms with Crippen molar-refractivity contribution >= 4 is 16.9 Å². The maximum atomic E-state index is 13.1. The van der Waals surface area contributed by atoms with Crippen LogP contribution in [0.25, 0.3) is 16.9 Å². The van der Waals surface area contributed by atoms with E-state index in [0.29, 0.717) is 6.54 Å². The Hall–Kier alpha value is -2.76. The summed E-state index contributed by atoms with van der Waals surface area (Å²) in [6, 6.07) is 9.65. The van der Waals surface area contributed by atoms with Crippen LogP contribution in [0.15, 0.2) is 35.1 Å². The van der Waals surface area contributed by atoms with Crippen molar-refractivity contribution in [3.05, 3.63) is 46.5 Å². The number of imidazole rings is 1. The summed E-state index contributed by atoms with van der Waals surface area (Å²) in [6.07, 6.45) is 2.30. The minimum atomic E-state index is -0.0281. The van der Waals surface area contributed by atoms with Crippen LogP contribution in [0.3, 0.4) is 0 Å². The molecule has 2 aromatic heterocycles. The van der Waals surface area contributed by atoms with Crippen molar-refractivity contribution in [3.8, 4) is 11.4 Å². The van der Waals surface area contributed by atoms with Gasteiger partial charge >= 0.3 is 5.69 Å². The Labute approximate surface area is 152 Å². The zero-order chi connectivity index (χ0) is 18.3. The minimum Gasteiger partial charge on any atom is -0.497 e. The SMILES string of the molecule is CCCCN1CCn2c(=O)n(-c3ccc(OC)cc3)c3nc(C)cc1c32. The molecule has 0 unspecified atom stereocenters. The van der Waals surface area contributed by atoms with Crippen LogP contribution in [-0.2, 0) is 6.54 Å². The molecule has 0 radical (unpaired) electrons. The Bertz CT molecular complexity index is 1000. The molecule has 6 nitrogen and oxygen atoms in total. The highest BCUT2D eigenvalue weighted by Crippen LogP contribution is 2.31. The van der Waals surface area contributed by atoms with Gasteiger partial charge in [-0.3, -0.25) is 4.57 Å². The fraction of sp³-hybridized carbons (Fsp3) is 0.400. The molecule has 26 heavy (non-hydrogen) atoms. The highest BCUT2D eigenvalue weighted by molar-refractivity contribution is 5.89. The fourth-order valence-electron chi connectivity index (χ4n) is 3.69. The van der Waals surface area contributed by atoms with Gasteiger partial charge in [-0.25, -0.2) is 14.3 Å². The van der Waals surface area contributed by atoms with Crippen LogP contribution in [0.2, 0.25) is 0 Å². The number of hydrogen-bond acceptors (Lipinski definition) is 4. The molecule has 0 N–H and O–H groups in total. The predicted molar refractivity (Wildman–Crippen MR) is 104 cm³/mol. The Kier molecular flexibility index (Phi) is 4.18.